The molecule has 0 amide bonds. The molecule has 1 unspecified atom stereocenters. The molecule has 4 heteroatoms. The molecule has 1 aliphatic rings. The number of hydrogen-bond donors (Lipinski definition) is 3. The summed E-state index contributed by atoms with van der Waals surface area (Å²) in [4.78, 5) is 0. The lowest BCUT2D eigenvalue weighted by Gasteiger charge is -2.15. The minimum Gasteiger partial charge on any atom is -0.508 e. The van der Waals surface area contributed by atoms with Crippen LogP contribution in [-0.4, -0.2) is 16.8 Å². The standard InChI is InChI=1S/C15H15NO3/c17-8-10-3-1-2-4-13(10)16-14-9-19-15-7-11(18)5-6-12(14)15/h1-7,14,16-18H,8-9H2. The lowest BCUT2D eigenvalue weighted by Crippen LogP contribution is -2.13. The second-order valence-electron chi connectivity index (χ2n) is 4.55. The van der Waals surface area contributed by atoms with Gasteiger partial charge in [0.25, 0.3) is 0 Å². The summed E-state index contributed by atoms with van der Waals surface area (Å²) >= 11 is 0. The van der Waals surface area contributed by atoms with E-state index in [-0.39, 0.29) is 18.4 Å². The van der Waals surface area contributed by atoms with Crippen molar-refractivity contribution < 1.29 is 14.9 Å². The van der Waals surface area contributed by atoms with Crippen molar-refractivity contribution in [3.8, 4) is 11.5 Å². The fraction of sp³-hybridized carbons (Fsp3) is 0.200. The number of fused-ring (bicyclic) bond motifs is 1. The molecule has 1 atom stereocenters. The van der Waals surface area contributed by atoms with Crippen LogP contribution in [0.25, 0.3) is 0 Å². The maximum atomic E-state index is 9.42. The Labute approximate surface area is 111 Å². The maximum Gasteiger partial charge on any atom is 0.128 e. The first-order valence-corrected chi connectivity index (χ1v) is 6.19. The van der Waals surface area contributed by atoms with Crippen molar-refractivity contribution in [1.29, 1.82) is 0 Å². The van der Waals surface area contributed by atoms with Gasteiger partial charge in [0.15, 0.2) is 0 Å². The van der Waals surface area contributed by atoms with E-state index in [9.17, 15) is 10.2 Å². The Kier molecular flexibility index (Phi) is 3.01. The van der Waals surface area contributed by atoms with E-state index in [1.165, 1.54) is 0 Å². The van der Waals surface area contributed by atoms with E-state index in [0.717, 1.165) is 16.8 Å². The summed E-state index contributed by atoms with van der Waals surface area (Å²) in [7, 11) is 0. The number of aliphatic hydroxyl groups excluding tert-OH is 1. The first-order valence-electron chi connectivity index (χ1n) is 6.19. The Bertz CT molecular complexity index is 598. The number of ether oxygens (including phenoxy) is 1. The number of aromatic hydroxyl groups is 1. The number of rotatable bonds is 3. The van der Waals surface area contributed by atoms with E-state index in [1.807, 2.05) is 30.3 Å². The van der Waals surface area contributed by atoms with Gasteiger partial charge < -0.3 is 20.3 Å². The van der Waals surface area contributed by atoms with Crippen LogP contribution in [0.4, 0.5) is 5.69 Å². The lowest BCUT2D eigenvalue weighted by atomic mass is 10.1. The Morgan fingerprint density at radius 3 is 2.89 bits per heavy atom. The average Bonchev–Trinajstić information content (AvgIpc) is 2.82. The molecule has 0 aromatic heterocycles. The molecule has 0 fully saturated rings. The van der Waals surface area contributed by atoms with Crippen molar-refractivity contribution >= 4 is 5.69 Å². The van der Waals surface area contributed by atoms with Crippen molar-refractivity contribution in [1.82, 2.24) is 0 Å². The third kappa shape index (κ3) is 2.22. The van der Waals surface area contributed by atoms with Gasteiger partial charge in [-0.05, 0) is 18.2 Å². The van der Waals surface area contributed by atoms with Crippen LogP contribution in [0, 0.1) is 0 Å². The van der Waals surface area contributed by atoms with Crippen LogP contribution in [0.1, 0.15) is 17.2 Å². The molecule has 2 aromatic carbocycles. The summed E-state index contributed by atoms with van der Waals surface area (Å²) in [6.07, 6.45) is 0. The quantitative estimate of drug-likeness (QED) is 0.790. The molecule has 0 spiro atoms. The highest BCUT2D eigenvalue weighted by molar-refractivity contribution is 5.55. The first kappa shape index (κ1) is 11.9. The van der Waals surface area contributed by atoms with Gasteiger partial charge in [-0.2, -0.15) is 0 Å². The van der Waals surface area contributed by atoms with Gasteiger partial charge in [0.1, 0.15) is 18.1 Å². The van der Waals surface area contributed by atoms with Crippen LogP contribution < -0.4 is 10.1 Å². The zero-order valence-corrected chi connectivity index (χ0v) is 10.3. The largest absolute Gasteiger partial charge is 0.508 e. The number of anilines is 1. The second-order valence-corrected chi connectivity index (χ2v) is 4.55. The Balaban J connectivity index is 1.87. The fourth-order valence-electron chi connectivity index (χ4n) is 2.30. The van der Waals surface area contributed by atoms with Crippen LogP contribution in [0.5, 0.6) is 11.5 Å². The van der Waals surface area contributed by atoms with Gasteiger partial charge in [0, 0.05) is 22.9 Å². The van der Waals surface area contributed by atoms with Crippen molar-refractivity contribution in [3.63, 3.8) is 0 Å². The molecule has 3 N–H and O–H groups in total. The zero-order chi connectivity index (χ0) is 13.2. The van der Waals surface area contributed by atoms with E-state index in [1.54, 1.807) is 12.1 Å². The summed E-state index contributed by atoms with van der Waals surface area (Å²) in [5.41, 5.74) is 2.78. The van der Waals surface area contributed by atoms with Crippen molar-refractivity contribution in [2.75, 3.05) is 11.9 Å². The second kappa shape index (κ2) is 4.82. The maximum absolute atomic E-state index is 9.42. The molecule has 0 bridgehead atoms. The van der Waals surface area contributed by atoms with E-state index in [4.69, 9.17) is 4.74 Å². The predicted octanol–water partition coefficient (Wildman–Crippen LogP) is 2.43. The van der Waals surface area contributed by atoms with Gasteiger partial charge in [-0.1, -0.05) is 18.2 Å². The number of benzene rings is 2. The molecule has 1 heterocycles. The van der Waals surface area contributed by atoms with Crippen molar-refractivity contribution in [2.45, 2.75) is 12.6 Å². The monoisotopic (exact) mass is 257 g/mol. The summed E-state index contributed by atoms with van der Waals surface area (Å²) in [5, 5.41) is 22.1. The summed E-state index contributed by atoms with van der Waals surface area (Å²) < 4.78 is 5.55. The van der Waals surface area contributed by atoms with E-state index < -0.39 is 0 Å². The molecule has 0 saturated carbocycles. The van der Waals surface area contributed by atoms with Gasteiger partial charge >= 0.3 is 0 Å². The summed E-state index contributed by atoms with van der Waals surface area (Å²) in [6.45, 7) is 0.512. The third-order valence-electron chi connectivity index (χ3n) is 3.30. The molecule has 19 heavy (non-hydrogen) atoms. The number of phenols is 1. The zero-order valence-electron chi connectivity index (χ0n) is 10.3. The Morgan fingerprint density at radius 2 is 2.05 bits per heavy atom. The average molecular weight is 257 g/mol. The summed E-state index contributed by atoms with van der Waals surface area (Å²) in [6, 6.07) is 12.8. The molecule has 0 radical (unpaired) electrons. The Hall–Kier alpha value is -2.20. The molecular weight excluding hydrogens is 242 g/mol. The van der Waals surface area contributed by atoms with Crippen molar-refractivity contribution in [3.05, 3.63) is 53.6 Å². The Morgan fingerprint density at radius 1 is 1.21 bits per heavy atom. The first-order chi connectivity index (χ1) is 9.28. The third-order valence-corrected chi connectivity index (χ3v) is 3.30. The normalized spacial score (nSPS) is 16.8. The molecule has 0 aliphatic carbocycles. The lowest BCUT2D eigenvalue weighted by molar-refractivity contribution is 0.282. The molecular formula is C15H15NO3. The van der Waals surface area contributed by atoms with E-state index >= 15 is 0 Å². The SMILES string of the molecule is OCc1ccccc1NC1COc2cc(O)ccc21. The molecule has 4 nitrogen and oxygen atoms in total. The van der Waals surface area contributed by atoms with Gasteiger partial charge in [-0.3, -0.25) is 0 Å². The highest BCUT2D eigenvalue weighted by Crippen LogP contribution is 2.37. The van der Waals surface area contributed by atoms with Crippen molar-refractivity contribution in [2.24, 2.45) is 0 Å². The van der Waals surface area contributed by atoms with Crippen LogP contribution in [0.2, 0.25) is 0 Å². The van der Waals surface area contributed by atoms with Crippen LogP contribution in [-0.2, 0) is 6.61 Å². The van der Waals surface area contributed by atoms with Gasteiger partial charge in [0.2, 0.25) is 0 Å². The fourth-order valence-corrected chi connectivity index (χ4v) is 2.30. The molecule has 98 valence electrons. The molecule has 0 saturated heterocycles. The topological polar surface area (TPSA) is 61.7 Å². The van der Waals surface area contributed by atoms with E-state index in [2.05, 4.69) is 5.32 Å². The minimum atomic E-state index is -0.000808. The molecule has 1 aliphatic heterocycles. The highest BCUT2D eigenvalue weighted by Gasteiger charge is 2.24. The van der Waals surface area contributed by atoms with Gasteiger partial charge in [0.05, 0.1) is 12.6 Å². The summed E-state index contributed by atoms with van der Waals surface area (Å²) in [5.74, 6) is 0.911. The van der Waals surface area contributed by atoms with Gasteiger partial charge in [-0.25, -0.2) is 0 Å². The van der Waals surface area contributed by atoms with Gasteiger partial charge in [-0.15, -0.1) is 0 Å². The van der Waals surface area contributed by atoms with Crippen LogP contribution in [0.3, 0.4) is 0 Å². The molecule has 3 rings (SSSR count). The van der Waals surface area contributed by atoms with Crippen LogP contribution in [0.15, 0.2) is 42.5 Å². The number of hydrogen-bond acceptors (Lipinski definition) is 4. The minimum absolute atomic E-state index is 0.000808. The van der Waals surface area contributed by atoms with E-state index in [0.29, 0.717) is 12.4 Å². The number of para-hydroxylation sites is 1. The molecule has 2 aromatic rings. The highest BCUT2D eigenvalue weighted by atomic mass is 16.5. The van der Waals surface area contributed by atoms with Crippen LogP contribution >= 0.6 is 0 Å². The number of aliphatic hydroxyl groups is 1. The smallest absolute Gasteiger partial charge is 0.128 e. The predicted molar refractivity (Wildman–Crippen MR) is 72.3 cm³/mol. The number of nitrogens with one attached hydrogen (secondary N) is 1. The number of phenolic OH excluding ortho intramolecular Hbond substituents is 1.